The van der Waals surface area contributed by atoms with Gasteiger partial charge >= 0.3 is 17.9 Å². The first-order valence-corrected chi connectivity index (χ1v) is 31.9. The molecule has 0 aromatic rings. The van der Waals surface area contributed by atoms with Crippen molar-refractivity contribution in [1.82, 2.24) is 0 Å². The van der Waals surface area contributed by atoms with E-state index in [0.29, 0.717) is 19.3 Å². The molecule has 0 amide bonds. The summed E-state index contributed by atoms with van der Waals surface area (Å²) in [5.74, 6) is -0.888. The van der Waals surface area contributed by atoms with Crippen LogP contribution in [0.4, 0.5) is 0 Å². The third-order valence-corrected chi connectivity index (χ3v) is 13.5. The molecule has 0 aliphatic heterocycles. The van der Waals surface area contributed by atoms with Crippen LogP contribution in [-0.4, -0.2) is 37.2 Å². The summed E-state index contributed by atoms with van der Waals surface area (Å²) < 4.78 is 16.9. The second-order valence-corrected chi connectivity index (χ2v) is 20.9. The van der Waals surface area contributed by atoms with E-state index in [0.717, 1.165) is 128 Å². The molecule has 0 bridgehead atoms. The van der Waals surface area contributed by atoms with E-state index in [4.69, 9.17) is 14.2 Å². The van der Waals surface area contributed by atoms with Gasteiger partial charge < -0.3 is 14.2 Å². The monoisotopic (exact) mass is 1050 g/mol. The Labute approximate surface area is 470 Å². The molecule has 6 nitrogen and oxygen atoms in total. The number of esters is 3. The minimum absolute atomic E-state index is 0.0816. The van der Waals surface area contributed by atoms with Crippen LogP contribution in [0.15, 0.2) is 109 Å². The normalized spacial score (nSPS) is 12.8. The molecule has 0 aromatic carbocycles. The predicted octanol–water partition coefficient (Wildman–Crippen LogP) is 21.8. The van der Waals surface area contributed by atoms with Gasteiger partial charge in [-0.05, 0) is 103 Å². The van der Waals surface area contributed by atoms with Crippen molar-refractivity contribution in [3.8, 4) is 0 Å². The summed E-state index contributed by atoms with van der Waals surface area (Å²) in [6.45, 7) is 6.42. The highest BCUT2D eigenvalue weighted by Gasteiger charge is 2.19. The topological polar surface area (TPSA) is 78.9 Å². The van der Waals surface area contributed by atoms with Gasteiger partial charge in [0.2, 0.25) is 0 Å². The average Bonchev–Trinajstić information content (AvgIpc) is 3.42. The molecule has 0 heterocycles. The zero-order chi connectivity index (χ0) is 55.0. The van der Waals surface area contributed by atoms with Crippen molar-refractivity contribution < 1.29 is 28.6 Å². The Balaban J connectivity index is 4.34. The smallest absolute Gasteiger partial charge is 0.306 e. The number of hydrogen-bond acceptors (Lipinski definition) is 6. The van der Waals surface area contributed by atoms with Crippen LogP contribution in [-0.2, 0) is 28.6 Å². The van der Waals surface area contributed by atoms with Crippen molar-refractivity contribution in [1.29, 1.82) is 0 Å². The molecule has 0 radical (unpaired) electrons. The fourth-order valence-electron chi connectivity index (χ4n) is 8.81. The molecular formula is C70H118O6. The van der Waals surface area contributed by atoms with E-state index in [1.54, 1.807) is 0 Å². The predicted molar refractivity (Wildman–Crippen MR) is 330 cm³/mol. The van der Waals surface area contributed by atoms with Crippen molar-refractivity contribution in [3.05, 3.63) is 109 Å². The minimum atomic E-state index is -0.786. The molecular weight excluding hydrogens is 937 g/mol. The van der Waals surface area contributed by atoms with Gasteiger partial charge in [-0.25, -0.2) is 0 Å². The zero-order valence-corrected chi connectivity index (χ0v) is 49.7. The van der Waals surface area contributed by atoms with Gasteiger partial charge in [0, 0.05) is 19.3 Å². The van der Waals surface area contributed by atoms with Crippen molar-refractivity contribution in [2.75, 3.05) is 13.2 Å². The highest BCUT2D eigenvalue weighted by Crippen LogP contribution is 2.16. The Morgan fingerprint density at radius 2 is 0.513 bits per heavy atom. The molecule has 0 aliphatic rings. The molecule has 1 unspecified atom stereocenters. The molecule has 434 valence electrons. The third kappa shape index (κ3) is 60.9. The summed E-state index contributed by atoms with van der Waals surface area (Å²) in [4.78, 5) is 38.3. The van der Waals surface area contributed by atoms with Gasteiger partial charge in [-0.1, -0.05) is 284 Å². The van der Waals surface area contributed by atoms with Crippen molar-refractivity contribution >= 4 is 17.9 Å². The molecule has 0 N–H and O–H groups in total. The van der Waals surface area contributed by atoms with Crippen LogP contribution < -0.4 is 0 Å². The van der Waals surface area contributed by atoms with Gasteiger partial charge in [0.1, 0.15) is 13.2 Å². The highest BCUT2D eigenvalue weighted by atomic mass is 16.6. The molecule has 1 atom stereocenters. The molecule has 0 aromatic heterocycles. The van der Waals surface area contributed by atoms with Crippen molar-refractivity contribution in [3.63, 3.8) is 0 Å². The number of unbranched alkanes of at least 4 members (excludes halogenated alkanes) is 28. The van der Waals surface area contributed by atoms with E-state index in [1.807, 2.05) is 0 Å². The van der Waals surface area contributed by atoms with E-state index in [2.05, 4.69) is 130 Å². The summed E-state index contributed by atoms with van der Waals surface area (Å²) in [7, 11) is 0. The van der Waals surface area contributed by atoms with E-state index in [1.165, 1.54) is 128 Å². The number of carbonyl (C=O) groups is 3. The summed E-state index contributed by atoms with van der Waals surface area (Å²) in [6.07, 6.45) is 86.6. The lowest BCUT2D eigenvalue weighted by Gasteiger charge is -2.18. The second kappa shape index (κ2) is 63.6. The van der Waals surface area contributed by atoms with Crippen LogP contribution in [0, 0.1) is 0 Å². The standard InChI is InChI=1S/C70H118O6/c1-4-7-10-13-16-19-22-25-27-29-31-33-34-35-36-38-39-41-43-45-48-51-54-57-60-63-69(72)75-66-67(65-74-68(71)62-59-56-53-50-47-24-21-18-15-12-9-6-3)76-70(73)64-61-58-55-52-49-46-44-42-40-37-32-30-28-26-23-20-17-14-11-8-5-2/h7-8,10-11,16-17,19-20,25-28,31-33,35-37,67H,4-6,9,12-15,18,21-24,29-30,34,38-66H2,1-3H3/b10-7-,11-8-,19-16-,20-17-,27-25-,28-26-,33-31-,36-35-,37-32-. The van der Waals surface area contributed by atoms with Crippen molar-refractivity contribution in [2.24, 2.45) is 0 Å². The van der Waals surface area contributed by atoms with E-state index in [-0.39, 0.29) is 31.1 Å². The van der Waals surface area contributed by atoms with Crippen LogP contribution in [0.3, 0.4) is 0 Å². The van der Waals surface area contributed by atoms with Crippen LogP contribution in [0.2, 0.25) is 0 Å². The van der Waals surface area contributed by atoms with Crippen LogP contribution in [0.25, 0.3) is 0 Å². The van der Waals surface area contributed by atoms with E-state index >= 15 is 0 Å². The average molecular weight is 1060 g/mol. The Hall–Kier alpha value is -3.93. The summed E-state index contributed by atoms with van der Waals surface area (Å²) in [5.41, 5.74) is 0. The van der Waals surface area contributed by atoms with Crippen LogP contribution >= 0.6 is 0 Å². The number of ether oxygens (including phenoxy) is 3. The fourth-order valence-corrected chi connectivity index (χ4v) is 8.81. The fraction of sp³-hybridized carbons (Fsp3) is 0.700. The lowest BCUT2D eigenvalue weighted by atomic mass is 10.0. The van der Waals surface area contributed by atoms with Crippen molar-refractivity contribution in [2.45, 2.75) is 303 Å². The number of allylic oxidation sites excluding steroid dienone is 18. The van der Waals surface area contributed by atoms with Crippen LogP contribution in [0.5, 0.6) is 0 Å². The maximum atomic E-state index is 12.9. The largest absolute Gasteiger partial charge is 0.462 e. The lowest BCUT2D eigenvalue weighted by Crippen LogP contribution is -2.30. The first-order valence-electron chi connectivity index (χ1n) is 31.9. The lowest BCUT2D eigenvalue weighted by molar-refractivity contribution is -0.167. The first-order chi connectivity index (χ1) is 37.5. The number of rotatable bonds is 57. The maximum Gasteiger partial charge on any atom is 0.306 e. The van der Waals surface area contributed by atoms with Gasteiger partial charge in [-0.15, -0.1) is 0 Å². The van der Waals surface area contributed by atoms with E-state index in [9.17, 15) is 14.4 Å². The summed E-state index contributed by atoms with van der Waals surface area (Å²) in [5, 5.41) is 0. The van der Waals surface area contributed by atoms with Gasteiger partial charge in [0.25, 0.3) is 0 Å². The Morgan fingerprint density at radius 1 is 0.276 bits per heavy atom. The van der Waals surface area contributed by atoms with Crippen LogP contribution in [0.1, 0.15) is 297 Å². The molecule has 0 fully saturated rings. The molecule has 6 heteroatoms. The summed E-state index contributed by atoms with van der Waals surface area (Å²) in [6, 6.07) is 0. The van der Waals surface area contributed by atoms with Gasteiger partial charge in [-0.2, -0.15) is 0 Å². The minimum Gasteiger partial charge on any atom is -0.462 e. The Kier molecular flexibility index (Phi) is 60.3. The SMILES string of the molecule is CC/C=C\C/C=C\C/C=C\C/C=C\C/C=C\CCCCCCCCCCCC(=O)OCC(COC(=O)CCCCCCCCCCCCCC)OC(=O)CCCCCCCCCC/C=C\C/C=C\C/C=C\C/C=C\CC. The Morgan fingerprint density at radius 3 is 0.803 bits per heavy atom. The van der Waals surface area contributed by atoms with E-state index < -0.39 is 6.10 Å². The molecule has 0 saturated heterocycles. The van der Waals surface area contributed by atoms with Gasteiger partial charge in [-0.3, -0.25) is 14.4 Å². The molecule has 0 saturated carbocycles. The highest BCUT2D eigenvalue weighted by molar-refractivity contribution is 5.71. The zero-order valence-electron chi connectivity index (χ0n) is 49.7. The molecule has 0 rings (SSSR count). The maximum absolute atomic E-state index is 12.9. The van der Waals surface area contributed by atoms with Gasteiger partial charge in [0.05, 0.1) is 0 Å². The molecule has 76 heavy (non-hydrogen) atoms. The van der Waals surface area contributed by atoms with Gasteiger partial charge in [0.15, 0.2) is 6.10 Å². The second-order valence-electron chi connectivity index (χ2n) is 20.9. The third-order valence-electron chi connectivity index (χ3n) is 13.5. The first kappa shape index (κ1) is 72.1. The molecule has 0 spiro atoms. The molecule has 0 aliphatic carbocycles. The number of carbonyl (C=O) groups excluding carboxylic acids is 3. The Bertz CT molecular complexity index is 1540. The number of hydrogen-bond donors (Lipinski definition) is 0. The summed E-state index contributed by atoms with van der Waals surface area (Å²) >= 11 is 0. The quantitative estimate of drug-likeness (QED) is 0.0261.